The maximum absolute atomic E-state index is 11.2. The van der Waals surface area contributed by atoms with E-state index in [-0.39, 0.29) is 17.6 Å². The smallest absolute Gasteiger partial charge is 0.305 e. The fraction of sp³-hybridized carbons (Fsp3) is 0.389. The van der Waals surface area contributed by atoms with Gasteiger partial charge in [0.05, 0.1) is 18.5 Å². The molecule has 1 aromatic heterocycles. The summed E-state index contributed by atoms with van der Waals surface area (Å²) < 4.78 is 4.61. The largest absolute Gasteiger partial charge is 0.506 e. The van der Waals surface area contributed by atoms with Gasteiger partial charge in [-0.05, 0) is 31.0 Å². The van der Waals surface area contributed by atoms with Crippen molar-refractivity contribution in [3.8, 4) is 17.0 Å². The van der Waals surface area contributed by atoms with Crippen molar-refractivity contribution in [1.29, 1.82) is 0 Å². The van der Waals surface area contributed by atoms with E-state index < -0.39 is 0 Å². The zero-order valence-electron chi connectivity index (χ0n) is 14.9. The minimum Gasteiger partial charge on any atom is -0.506 e. The van der Waals surface area contributed by atoms with Crippen LogP contribution in [0.4, 0.5) is 10.8 Å². The summed E-state index contributed by atoms with van der Waals surface area (Å²) in [5.41, 5.74) is 1.95. The van der Waals surface area contributed by atoms with Gasteiger partial charge in [0.1, 0.15) is 5.75 Å². The second-order valence-electron chi connectivity index (χ2n) is 5.76. The van der Waals surface area contributed by atoms with Crippen LogP contribution < -0.4 is 10.6 Å². The third-order valence-electron chi connectivity index (χ3n) is 3.67. The molecule has 26 heavy (non-hydrogen) atoms. The van der Waals surface area contributed by atoms with Gasteiger partial charge in [-0.15, -0.1) is 11.3 Å². The van der Waals surface area contributed by atoms with E-state index in [9.17, 15) is 14.7 Å². The summed E-state index contributed by atoms with van der Waals surface area (Å²) in [5.74, 6) is -0.398. The van der Waals surface area contributed by atoms with E-state index in [1.54, 1.807) is 12.1 Å². The SMILES string of the molecule is COC(=O)CCCCCNc1nc(-c2ccc(O)c(NC(C)=O)c2)cs1. The quantitative estimate of drug-likeness (QED) is 0.351. The first-order chi connectivity index (χ1) is 12.5. The molecule has 2 aromatic rings. The first-order valence-corrected chi connectivity index (χ1v) is 9.24. The number of benzene rings is 1. The number of hydrogen-bond acceptors (Lipinski definition) is 7. The number of phenols is 1. The number of amides is 1. The lowest BCUT2D eigenvalue weighted by atomic mass is 10.1. The van der Waals surface area contributed by atoms with Gasteiger partial charge in [-0.3, -0.25) is 9.59 Å². The fourth-order valence-corrected chi connectivity index (χ4v) is 3.09. The van der Waals surface area contributed by atoms with E-state index >= 15 is 0 Å². The van der Waals surface area contributed by atoms with E-state index in [0.717, 1.165) is 42.2 Å². The number of ether oxygens (including phenoxy) is 1. The van der Waals surface area contributed by atoms with Crippen LogP contribution in [-0.2, 0) is 14.3 Å². The fourth-order valence-electron chi connectivity index (χ4n) is 2.34. The predicted molar refractivity (Wildman–Crippen MR) is 102 cm³/mol. The lowest BCUT2D eigenvalue weighted by molar-refractivity contribution is -0.140. The zero-order chi connectivity index (χ0) is 18.9. The average Bonchev–Trinajstić information content (AvgIpc) is 3.08. The summed E-state index contributed by atoms with van der Waals surface area (Å²) in [6.07, 6.45) is 3.16. The molecule has 1 heterocycles. The van der Waals surface area contributed by atoms with Crippen LogP contribution >= 0.6 is 11.3 Å². The number of thiazole rings is 1. The number of rotatable bonds is 9. The standard InChI is InChI=1S/C18H23N3O4S/c1-12(22)20-14-10-13(7-8-16(14)23)15-11-26-18(21-15)19-9-5-3-4-6-17(24)25-2/h7-8,10-11,23H,3-6,9H2,1-2H3,(H,19,21)(H,20,22). The number of phenolic OH excluding ortho intramolecular Hbond substituents is 1. The van der Waals surface area contributed by atoms with E-state index in [1.165, 1.54) is 31.4 Å². The topological polar surface area (TPSA) is 101 Å². The number of carbonyl (C=O) groups excluding carboxylic acids is 2. The predicted octanol–water partition coefficient (Wildman–Crippen LogP) is 3.62. The van der Waals surface area contributed by atoms with Gasteiger partial charge in [0.25, 0.3) is 0 Å². The highest BCUT2D eigenvalue weighted by Crippen LogP contribution is 2.31. The molecular weight excluding hydrogens is 354 g/mol. The Morgan fingerprint density at radius 1 is 1.27 bits per heavy atom. The lowest BCUT2D eigenvalue weighted by Gasteiger charge is -2.07. The van der Waals surface area contributed by atoms with Crippen molar-refractivity contribution in [2.24, 2.45) is 0 Å². The lowest BCUT2D eigenvalue weighted by Crippen LogP contribution is -2.05. The molecule has 0 spiro atoms. The van der Waals surface area contributed by atoms with Crippen LogP contribution in [0.25, 0.3) is 11.3 Å². The van der Waals surface area contributed by atoms with Crippen molar-refractivity contribution >= 4 is 34.0 Å². The van der Waals surface area contributed by atoms with Gasteiger partial charge in [0.15, 0.2) is 5.13 Å². The van der Waals surface area contributed by atoms with Crippen LogP contribution in [0.1, 0.15) is 32.6 Å². The molecular formula is C18H23N3O4S. The highest BCUT2D eigenvalue weighted by atomic mass is 32.1. The van der Waals surface area contributed by atoms with Gasteiger partial charge < -0.3 is 20.5 Å². The summed E-state index contributed by atoms with van der Waals surface area (Å²) in [7, 11) is 1.40. The molecule has 7 nitrogen and oxygen atoms in total. The Labute approximate surface area is 156 Å². The number of aromatic hydroxyl groups is 1. The van der Waals surface area contributed by atoms with Crippen LogP contribution in [0, 0.1) is 0 Å². The van der Waals surface area contributed by atoms with E-state index in [0.29, 0.717) is 12.1 Å². The maximum Gasteiger partial charge on any atom is 0.305 e. The van der Waals surface area contributed by atoms with Gasteiger partial charge >= 0.3 is 5.97 Å². The molecule has 0 aliphatic heterocycles. The molecule has 0 aliphatic carbocycles. The molecule has 3 N–H and O–H groups in total. The van der Waals surface area contributed by atoms with Crippen molar-refractivity contribution < 1.29 is 19.4 Å². The van der Waals surface area contributed by atoms with E-state index in [1.807, 2.05) is 5.38 Å². The Morgan fingerprint density at radius 3 is 2.81 bits per heavy atom. The Kier molecular flexibility index (Phi) is 7.40. The van der Waals surface area contributed by atoms with Crippen LogP contribution in [0.2, 0.25) is 0 Å². The summed E-state index contributed by atoms with van der Waals surface area (Å²) >= 11 is 1.49. The first kappa shape index (κ1) is 19.7. The van der Waals surface area contributed by atoms with E-state index in [2.05, 4.69) is 20.4 Å². The number of unbranched alkanes of at least 4 members (excludes halogenated alkanes) is 2. The van der Waals surface area contributed by atoms with Gasteiger partial charge in [-0.25, -0.2) is 4.98 Å². The Bertz CT molecular complexity index is 761. The number of hydrogen-bond donors (Lipinski definition) is 3. The molecule has 0 fully saturated rings. The van der Waals surface area contributed by atoms with Crippen molar-refractivity contribution in [2.45, 2.75) is 32.6 Å². The second-order valence-corrected chi connectivity index (χ2v) is 6.62. The number of esters is 1. The summed E-state index contributed by atoms with van der Waals surface area (Å²) in [5, 5.41) is 18.4. The molecule has 0 aliphatic rings. The van der Waals surface area contributed by atoms with Crippen molar-refractivity contribution in [3.63, 3.8) is 0 Å². The van der Waals surface area contributed by atoms with Gasteiger partial charge in [-0.1, -0.05) is 6.42 Å². The minimum absolute atomic E-state index is 0.0180. The van der Waals surface area contributed by atoms with Crippen molar-refractivity contribution in [1.82, 2.24) is 4.98 Å². The van der Waals surface area contributed by atoms with Gasteiger partial charge in [0.2, 0.25) is 5.91 Å². The molecule has 0 unspecified atom stereocenters. The van der Waals surface area contributed by atoms with Crippen molar-refractivity contribution in [2.75, 3.05) is 24.3 Å². The van der Waals surface area contributed by atoms with Crippen LogP contribution in [0.15, 0.2) is 23.6 Å². The Hall–Kier alpha value is -2.61. The van der Waals surface area contributed by atoms with Crippen LogP contribution in [0.3, 0.4) is 0 Å². The molecule has 140 valence electrons. The van der Waals surface area contributed by atoms with E-state index in [4.69, 9.17) is 0 Å². The average molecular weight is 377 g/mol. The molecule has 1 aromatic carbocycles. The molecule has 0 saturated carbocycles. The third-order valence-corrected chi connectivity index (χ3v) is 4.47. The summed E-state index contributed by atoms with van der Waals surface area (Å²) in [6, 6.07) is 4.99. The second kappa shape index (κ2) is 9.76. The zero-order valence-corrected chi connectivity index (χ0v) is 15.7. The van der Waals surface area contributed by atoms with Crippen LogP contribution in [-0.4, -0.2) is 35.6 Å². The highest BCUT2D eigenvalue weighted by Gasteiger charge is 2.09. The molecule has 1 amide bonds. The highest BCUT2D eigenvalue weighted by molar-refractivity contribution is 7.14. The number of nitrogens with zero attached hydrogens (tertiary/aromatic N) is 1. The number of methoxy groups -OCH3 is 1. The Morgan fingerprint density at radius 2 is 2.08 bits per heavy atom. The van der Waals surface area contributed by atoms with Crippen molar-refractivity contribution in [3.05, 3.63) is 23.6 Å². The summed E-state index contributed by atoms with van der Waals surface area (Å²) in [6.45, 7) is 2.17. The number of nitrogens with one attached hydrogen (secondary N) is 2. The van der Waals surface area contributed by atoms with Gasteiger partial charge in [0, 0.05) is 30.8 Å². The summed E-state index contributed by atoms with van der Waals surface area (Å²) in [4.78, 5) is 26.7. The third kappa shape index (κ3) is 6.03. The number of anilines is 2. The first-order valence-electron chi connectivity index (χ1n) is 8.37. The molecule has 0 atom stereocenters. The number of aromatic nitrogens is 1. The molecule has 0 radical (unpaired) electrons. The minimum atomic E-state index is -0.245. The van der Waals surface area contributed by atoms with Gasteiger partial charge in [-0.2, -0.15) is 0 Å². The van der Waals surface area contributed by atoms with Crippen LogP contribution in [0.5, 0.6) is 5.75 Å². The monoisotopic (exact) mass is 377 g/mol. The molecule has 0 bridgehead atoms. The molecule has 0 saturated heterocycles. The Balaban J connectivity index is 1.85. The normalized spacial score (nSPS) is 10.4. The number of carbonyl (C=O) groups is 2. The molecule has 2 rings (SSSR count). The molecule has 8 heteroatoms. The maximum atomic E-state index is 11.2.